The minimum atomic E-state index is -1.03. The van der Waals surface area contributed by atoms with Crippen LogP contribution in [0.1, 0.15) is 36.3 Å². The number of benzene rings is 2. The lowest BCUT2D eigenvalue weighted by molar-refractivity contribution is -0.146. The number of ether oxygens (including phenoxy) is 1. The zero-order valence-electron chi connectivity index (χ0n) is 20.9. The quantitative estimate of drug-likeness (QED) is 0.395. The Labute approximate surface area is 225 Å². The van der Waals surface area contributed by atoms with E-state index in [4.69, 9.17) is 16.3 Å². The molecule has 0 radical (unpaired) electrons. The summed E-state index contributed by atoms with van der Waals surface area (Å²) in [5.41, 5.74) is 1.16. The molecule has 0 aromatic heterocycles. The highest BCUT2D eigenvalue weighted by atomic mass is 35.5. The highest BCUT2D eigenvalue weighted by Gasteiger charge is 2.41. The van der Waals surface area contributed by atoms with Crippen LogP contribution in [0, 0.1) is 11.7 Å². The molecule has 0 aliphatic carbocycles. The van der Waals surface area contributed by atoms with Crippen LogP contribution in [0.5, 0.6) is 0 Å². The maximum absolute atomic E-state index is 14.2. The SMILES string of the molecule is COC(=O)[C@H](C[C@@H]1CCNC1=O)NC(=O)C1C[C@@H](c2ccccc2)CN1C(=O)/C=C/c1ccc(Cl)cc1F. The predicted molar refractivity (Wildman–Crippen MR) is 139 cm³/mol. The van der Waals surface area contributed by atoms with Crippen LogP contribution in [0.3, 0.4) is 0 Å². The number of carbonyl (C=O) groups is 4. The normalized spacial score (nSPS) is 21.8. The molecular weight excluding hydrogens is 513 g/mol. The third-order valence-electron chi connectivity index (χ3n) is 7.01. The minimum absolute atomic E-state index is 0.1000. The number of hydrogen-bond donors (Lipinski definition) is 2. The number of carbonyl (C=O) groups excluding carboxylic acids is 4. The number of likely N-dealkylation sites (tertiary alicyclic amines) is 1. The number of hydrogen-bond acceptors (Lipinski definition) is 5. The lowest BCUT2D eigenvalue weighted by atomic mass is 9.95. The standard InChI is InChI=1S/C28H29ClFN3O5/c1-38-28(37)23(13-19-11-12-31-26(19)35)32-27(36)24-14-20(17-5-3-2-4-6-17)16-33(24)25(34)10-8-18-7-9-21(29)15-22(18)30/h2-10,15,19-20,23-24H,11-14,16H2,1H3,(H,31,35)(H,32,36)/b10-8+/t19-,20+,23-,24?/m0/s1. The summed E-state index contributed by atoms with van der Waals surface area (Å²) in [7, 11) is 1.22. The number of nitrogens with one attached hydrogen (secondary N) is 2. The lowest BCUT2D eigenvalue weighted by Gasteiger charge is -2.25. The van der Waals surface area contributed by atoms with Crippen molar-refractivity contribution in [3.05, 3.63) is 76.6 Å². The second-order valence-electron chi connectivity index (χ2n) is 9.45. The molecule has 2 aliphatic rings. The van der Waals surface area contributed by atoms with Gasteiger partial charge >= 0.3 is 5.97 Å². The van der Waals surface area contributed by atoms with Crippen molar-refractivity contribution in [3.8, 4) is 0 Å². The number of amides is 3. The zero-order valence-corrected chi connectivity index (χ0v) is 21.6. The van der Waals surface area contributed by atoms with Gasteiger partial charge < -0.3 is 20.3 Å². The summed E-state index contributed by atoms with van der Waals surface area (Å²) in [4.78, 5) is 52.7. The number of rotatable bonds is 8. The Morgan fingerprint density at radius 1 is 1.24 bits per heavy atom. The maximum atomic E-state index is 14.2. The Hall–Kier alpha value is -3.72. The first-order chi connectivity index (χ1) is 18.3. The first kappa shape index (κ1) is 27.3. The van der Waals surface area contributed by atoms with Gasteiger partial charge in [0.05, 0.1) is 7.11 Å². The van der Waals surface area contributed by atoms with Crippen molar-refractivity contribution in [2.45, 2.75) is 37.3 Å². The van der Waals surface area contributed by atoms with Crippen molar-refractivity contribution >= 4 is 41.4 Å². The van der Waals surface area contributed by atoms with Crippen molar-refractivity contribution in [2.75, 3.05) is 20.2 Å². The number of esters is 1. The molecule has 3 amide bonds. The summed E-state index contributed by atoms with van der Waals surface area (Å²) < 4.78 is 19.1. The Balaban J connectivity index is 1.55. The summed E-state index contributed by atoms with van der Waals surface area (Å²) in [6.45, 7) is 0.776. The maximum Gasteiger partial charge on any atom is 0.328 e. The zero-order chi connectivity index (χ0) is 27.2. The van der Waals surface area contributed by atoms with Gasteiger partial charge in [-0.3, -0.25) is 14.4 Å². The molecule has 0 saturated carbocycles. The monoisotopic (exact) mass is 541 g/mol. The molecule has 4 atom stereocenters. The molecule has 1 unspecified atom stereocenters. The largest absolute Gasteiger partial charge is 0.467 e. The van der Waals surface area contributed by atoms with E-state index in [0.717, 1.165) is 11.6 Å². The average Bonchev–Trinajstić information content (AvgIpc) is 3.54. The molecule has 0 bridgehead atoms. The van der Waals surface area contributed by atoms with E-state index in [-0.39, 0.29) is 35.4 Å². The first-order valence-corrected chi connectivity index (χ1v) is 12.8. The topological polar surface area (TPSA) is 105 Å². The van der Waals surface area contributed by atoms with Gasteiger partial charge in [0.15, 0.2) is 0 Å². The lowest BCUT2D eigenvalue weighted by Crippen LogP contribution is -2.51. The van der Waals surface area contributed by atoms with Crippen LogP contribution >= 0.6 is 11.6 Å². The summed E-state index contributed by atoms with van der Waals surface area (Å²) in [6, 6.07) is 11.7. The molecular formula is C28H29ClFN3O5. The Morgan fingerprint density at radius 3 is 2.66 bits per heavy atom. The minimum Gasteiger partial charge on any atom is -0.467 e. The van der Waals surface area contributed by atoms with Crippen LogP contribution in [-0.4, -0.2) is 60.9 Å². The third kappa shape index (κ3) is 6.39. The fourth-order valence-electron chi connectivity index (χ4n) is 4.97. The summed E-state index contributed by atoms with van der Waals surface area (Å²) in [5, 5.41) is 5.68. The van der Waals surface area contributed by atoms with Gasteiger partial charge in [0, 0.05) is 41.6 Å². The van der Waals surface area contributed by atoms with Crippen LogP contribution < -0.4 is 10.6 Å². The summed E-state index contributed by atoms with van der Waals surface area (Å²) in [6.07, 6.45) is 3.55. The molecule has 38 heavy (non-hydrogen) atoms. The molecule has 0 spiro atoms. The Morgan fingerprint density at radius 2 is 2.00 bits per heavy atom. The fraction of sp³-hybridized carbons (Fsp3) is 0.357. The fourth-order valence-corrected chi connectivity index (χ4v) is 5.13. The van der Waals surface area contributed by atoms with Gasteiger partial charge in [0.1, 0.15) is 17.9 Å². The van der Waals surface area contributed by atoms with Crippen LogP contribution in [0.25, 0.3) is 6.08 Å². The second kappa shape index (κ2) is 12.2. The van der Waals surface area contributed by atoms with Gasteiger partial charge in [-0.15, -0.1) is 0 Å². The van der Waals surface area contributed by atoms with Gasteiger partial charge in [-0.25, -0.2) is 9.18 Å². The Bertz CT molecular complexity index is 1240. The predicted octanol–water partition coefficient (Wildman–Crippen LogP) is 3.06. The van der Waals surface area contributed by atoms with Crippen LogP contribution in [0.4, 0.5) is 4.39 Å². The van der Waals surface area contributed by atoms with Gasteiger partial charge in [-0.1, -0.05) is 48.0 Å². The Kier molecular flexibility index (Phi) is 8.78. The van der Waals surface area contributed by atoms with E-state index in [0.29, 0.717) is 19.4 Å². The van der Waals surface area contributed by atoms with E-state index >= 15 is 0 Å². The molecule has 2 N–H and O–H groups in total. The van der Waals surface area contributed by atoms with Crippen molar-refractivity contribution in [2.24, 2.45) is 5.92 Å². The van der Waals surface area contributed by atoms with E-state index in [1.54, 1.807) is 0 Å². The van der Waals surface area contributed by atoms with Crippen LogP contribution in [0.15, 0.2) is 54.6 Å². The van der Waals surface area contributed by atoms with Crippen molar-refractivity contribution in [3.63, 3.8) is 0 Å². The van der Waals surface area contributed by atoms with Gasteiger partial charge in [-0.05, 0) is 43.0 Å². The van der Waals surface area contributed by atoms with Crippen LogP contribution in [0.2, 0.25) is 5.02 Å². The van der Waals surface area contributed by atoms with Crippen LogP contribution in [-0.2, 0) is 23.9 Å². The molecule has 200 valence electrons. The molecule has 10 heteroatoms. The number of nitrogens with zero attached hydrogens (tertiary/aromatic N) is 1. The molecule has 2 aliphatic heterocycles. The first-order valence-electron chi connectivity index (χ1n) is 12.4. The van der Waals surface area contributed by atoms with Gasteiger partial charge in [0.2, 0.25) is 17.7 Å². The molecule has 8 nitrogen and oxygen atoms in total. The number of methoxy groups -OCH3 is 1. The van der Waals surface area contributed by atoms with Gasteiger partial charge in [0.25, 0.3) is 0 Å². The van der Waals surface area contributed by atoms with E-state index in [1.807, 2.05) is 30.3 Å². The van der Waals surface area contributed by atoms with E-state index < -0.39 is 41.6 Å². The van der Waals surface area contributed by atoms with E-state index in [9.17, 15) is 23.6 Å². The van der Waals surface area contributed by atoms with Crippen molar-refractivity contribution < 1.29 is 28.3 Å². The van der Waals surface area contributed by atoms with Crippen molar-refractivity contribution in [1.82, 2.24) is 15.5 Å². The van der Waals surface area contributed by atoms with Gasteiger partial charge in [-0.2, -0.15) is 0 Å². The second-order valence-corrected chi connectivity index (χ2v) is 9.88. The molecule has 4 rings (SSSR count). The molecule has 2 fully saturated rings. The molecule has 2 aromatic carbocycles. The third-order valence-corrected chi connectivity index (χ3v) is 7.25. The summed E-state index contributed by atoms with van der Waals surface area (Å²) >= 11 is 5.81. The number of halogens is 2. The summed E-state index contributed by atoms with van der Waals surface area (Å²) in [5.74, 6) is -2.93. The van der Waals surface area contributed by atoms with Crippen molar-refractivity contribution in [1.29, 1.82) is 0 Å². The molecule has 2 aromatic rings. The molecule has 2 heterocycles. The van der Waals surface area contributed by atoms with E-state index in [2.05, 4.69) is 10.6 Å². The highest BCUT2D eigenvalue weighted by molar-refractivity contribution is 6.30. The highest BCUT2D eigenvalue weighted by Crippen LogP contribution is 2.32. The van der Waals surface area contributed by atoms with E-state index in [1.165, 1.54) is 36.3 Å². The average molecular weight is 542 g/mol. The molecule has 2 saturated heterocycles. The smallest absolute Gasteiger partial charge is 0.328 e.